The minimum Gasteiger partial charge on any atom is -0.369 e. The second-order valence-corrected chi connectivity index (χ2v) is 11.6. The maximum atomic E-state index is 14.6. The van der Waals surface area contributed by atoms with Crippen LogP contribution >= 0.6 is 10.2 Å². The largest absolute Gasteiger partial charge is 0.369 e. The summed E-state index contributed by atoms with van der Waals surface area (Å²) in [6.45, 7) is 1.14. The SMILES string of the molecule is CN1C(N)=N[C@](C)(c2ccc(F)cc2F)[C@@H](c2ccc(S(F)(F)(F)(F)F)cc2)S1(=O)=O. The smallest absolute Gasteiger partial charge is 0.310 e. The van der Waals surface area contributed by atoms with E-state index in [0.29, 0.717) is 22.5 Å². The van der Waals surface area contributed by atoms with Crippen LogP contribution in [0.1, 0.15) is 23.3 Å². The molecule has 2 N–H and O–H groups in total. The van der Waals surface area contributed by atoms with Crippen LogP contribution in [0.4, 0.5) is 28.2 Å². The van der Waals surface area contributed by atoms with E-state index in [1.54, 1.807) is 0 Å². The van der Waals surface area contributed by atoms with E-state index in [9.17, 15) is 36.6 Å². The Morgan fingerprint density at radius 3 is 2.06 bits per heavy atom. The number of rotatable bonds is 3. The molecule has 0 amide bonds. The zero-order valence-corrected chi connectivity index (χ0v) is 17.5. The molecule has 2 aromatic rings. The third-order valence-corrected chi connectivity index (χ3v) is 8.40. The van der Waals surface area contributed by atoms with Crippen LogP contribution in [0.15, 0.2) is 52.4 Å². The Bertz CT molecular complexity index is 1200. The predicted molar refractivity (Wildman–Crippen MR) is 103 cm³/mol. The number of hydrogen-bond acceptors (Lipinski definition) is 4. The van der Waals surface area contributed by atoms with Gasteiger partial charge in [0.15, 0.2) is 0 Å². The summed E-state index contributed by atoms with van der Waals surface area (Å²) in [5.74, 6) is -2.69. The molecule has 0 aromatic heterocycles. The van der Waals surface area contributed by atoms with Gasteiger partial charge in [0.05, 0.1) is 0 Å². The van der Waals surface area contributed by atoms with Crippen LogP contribution in [0.5, 0.6) is 0 Å². The van der Waals surface area contributed by atoms with Crippen molar-refractivity contribution in [2.75, 3.05) is 7.05 Å². The first-order valence-electron chi connectivity index (χ1n) is 8.40. The molecule has 3 rings (SSSR count). The Labute approximate surface area is 173 Å². The van der Waals surface area contributed by atoms with Crippen molar-refractivity contribution >= 4 is 26.2 Å². The molecule has 1 aliphatic rings. The highest BCUT2D eigenvalue weighted by molar-refractivity contribution is 8.45. The van der Waals surface area contributed by atoms with Crippen molar-refractivity contribution in [1.82, 2.24) is 4.31 Å². The van der Waals surface area contributed by atoms with Crippen molar-refractivity contribution in [3.05, 3.63) is 65.2 Å². The topological polar surface area (TPSA) is 75.8 Å². The molecule has 1 aliphatic heterocycles. The molecule has 0 saturated heterocycles. The fourth-order valence-electron chi connectivity index (χ4n) is 3.44. The van der Waals surface area contributed by atoms with Crippen LogP contribution in [-0.4, -0.2) is 25.7 Å². The van der Waals surface area contributed by atoms with Crippen LogP contribution in [0.25, 0.3) is 0 Å². The lowest BCUT2D eigenvalue weighted by Gasteiger charge is -2.42. The summed E-state index contributed by atoms with van der Waals surface area (Å²) in [6.07, 6.45) is 0. The van der Waals surface area contributed by atoms with Gasteiger partial charge in [-0.15, -0.1) is 0 Å². The average Bonchev–Trinajstić information content (AvgIpc) is 2.58. The molecule has 2 atom stereocenters. The second kappa shape index (κ2) is 6.06. The summed E-state index contributed by atoms with van der Waals surface area (Å²) in [4.78, 5) is 1.80. The van der Waals surface area contributed by atoms with Gasteiger partial charge < -0.3 is 5.73 Å². The number of nitrogens with zero attached hydrogens (tertiary/aromatic N) is 2. The highest BCUT2D eigenvalue weighted by atomic mass is 32.5. The monoisotopic (exact) mass is 491 g/mol. The number of halogens is 7. The fourth-order valence-corrected chi connectivity index (χ4v) is 5.97. The second-order valence-electron chi connectivity index (χ2n) is 7.17. The van der Waals surface area contributed by atoms with E-state index in [1.807, 2.05) is 0 Å². The van der Waals surface area contributed by atoms with Gasteiger partial charge in [-0.3, -0.25) is 0 Å². The number of guanidine groups is 1. The molecule has 1 heterocycles. The first kappa shape index (κ1) is 23.2. The molecule has 31 heavy (non-hydrogen) atoms. The minimum absolute atomic E-state index is 0.0511. The van der Waals surface area contributed by atoms with E-state index in [0.717, 1.165) is 26.1 Å². The quantitative estimate of drug-likeness (QED) is 0.602. The maximum absolute atomic E-state index is 14.6. The molecule has 0 fully saturated rings. The summed E-state index contributed by atoms with van der Waals surface area (Å²) < 4.78 is 120. The number of benzene rings is 2. The molecule has 0 unspecified atom stereocenters. The van der Waals surface area contributed by atoms with Crippen LogP contribution in [0, 0.1) is 11.6 Å². The van der Waals surface area contributed by atoms with Gasteiger partial charge in [0, 0.05) is 18.7 Å². The minimum atomic E-state index is -10.0. The van der Waals surface area contributed by atoms with Gasteiger partial charge in [-0.25, -0.2) is 26.5 Å². The van der Waals surface area contributed by atoms with Crippen molar-refractivity contribution in [3.8, 4) is 0 Å². The Hall–Kier alpha value is -2.48. The molecule has 0 saturated carbocycles. The lowest BCUT2D eigenvalue weighted by Crippen LogP contribution is -2.52. The summed E-state index contributed by atoms with van der Waals surface area (Å²) in [5, 5.41) is -1.86. The molecule has 172 valence electrons. The molecular weight excluding hydrogens is 475 g/mol. The normalized spacial score (nSPS) is 26.0. The first-order chi connectivity index (χ1) is 13.8. The van der Waals surface area contributed by atoms with Gasteiger partial charge in [-0.05, 0) is 30.7 Å². The number of hydrogen-bond donors (Lipinski definition) is 1. The zero-order chi connectivity index (χ0) is 23.7. The van der Waals surface area contributed by atoms with Crippen molar-refractivity contribution in [2.45, 2.75) is 22.6 Å². The van der Waals surface area contributed by atoms with Gasteiger partial charge in [0.2, 0.25) is 16.0 Å². The fraction of sp³-hybridized carbons (Fsp3) is 0.235. The molecule has 0 bridgehead atoms. The van der Waals surface area contributed by atoms with E-state index in [4.69, 9.17) is 5.73 Å². The van der Waals surface area contributed by atoms with Crippen molar-refractivity contribution < 1.29 is 36.6 Å². The number of sulfonamides is 1. The third-order valence-electron chi connectivity index (χ3n) is 4.96. The molecule has 0 aliphatic carbocycles. The lowest BCUT2D eigenvalue weighted by molar-refractivity contribution is 0.364. The number of aliphatic imine (C=N–C) groups is 1. The molecular formula is C17H16F7N3O2S2. The molecule has 0 spiro atoms. The van der Waals surface area contributed by atoms with Gasteiger partial charge in [0.25, 0.3) is 0 Å². The van der Waals surface area contributed by atoms with Gasteiger partial charge in [0.1, 0.15) is 27.3 Å². The summed E-state index contributed by atoms with van der Waals surface area (Å²) in [6, 6.07) is 3.46. The van der Waals surface area contributed by atoms with Gasteiger partial charge >= 0.3 is 10.2 Å². The van der Waals surface area contributed by atoms with Crippen LogP contribution < -0.4 is 5.73 Å². The maximum Gasteiger partial charge on any atom is 0.310 e. The highest BCUT2D eigenvalue weighted by Gasteiger charge is 2.65. The van der Waals surface area contributed by atoms with E-state index in [2.05, 4.69) is 4.99 Å². The molecule has 2 aromatic carbocycles. The van der Waals surface area contributed by atoms with Gasteiger partial charge in [-0.1, -0.05) is 37.6 Å². The predicted octanol–water partition coefficient (Wildman–Crippen LogP) is 5.17. The van der Waals surface area contributed by atoms with E-state index in [1.165, 1.54) is 0 Å². The van der Waals surface area contributed by atoms with Crippen LogP contribution in [0.2, 0.25) is 0 Å². The highest BCUT2D eigenvalue weighted by Crippen LogP contribution is 3.02. The Balaban J connectivity index is 2.29. The first-order valence-corrected chi connectivity index (χ1v) is 11.9. The van der Waals surface area contributed by atoms with Crippen LogP contribution in [0.3, 0.4) is 0 Å². The van der Waals surface area contributed by atoms with Crippen molar-refractivity contribution in [1.29, 1.82) is 0 Å². The number of nitrogens with two attached hydrogens (primary N) is 1. The van der Waals surface area contributed by atoms with E-state index < -0.39 is 59.1 Å². The molecule has 0 radical (unpaired) electrons. The van der Waals surface area contributed by atoms with Gasteiger partial charge in [-0.2, -0.15) is 0 Å². The Kier molecular flexibility index (Phi) is 4.53. The summed E-state index contributed by atoms with van der Waals surface area (Å²) in [7, 11) is -13.5. The van der Waals surface area contributed by atoms with E-state index >= 15 is 0 Å². The standard InChI is InChI=1S/C17H16F7N3O2S2/c1-17(13-8-5-11(18)9-14(13)19)15(30(28,29)27(2)16(25)26-17)10-3-6-12(7-4-10)31(20,21,22,23)24/h3-9,15H,1-2H3,(H2,25,26)/t15-,17-/m1/s1. The summed E-state index contributed by atoms with van der Waals surface area (Å²) in [5.41, 5.74) is 2.83. The zero-order valence-electron chi connectivity index (χ0n) is 15.9. The summed E-state index contributed by atoms with van der Waals surface area (Å²) >= 11 is 0. The Morgan fingerprint density at radius 2 is 1.58 bits per heavy atom. The Morgan fingerprint density at radius 1 is 1.03 bits per heavy atom. The lowest BCUT2D eigenvalue weighted by atomic mass is 9.85. The van der Waals surface area contributed by atoms with Crippen molar-refractivity contribution in [2.24, 2.45) is 10.7 Å². The molecule has 5 nitrogen and oxygen atoms in total. The molecule has 14 heteroatoms. The van der Waals surface area contributed by atoms with E-state index in [-0.39, 0.29) is 17.7 Å². The van der Waals surface area contributed by atoms with Crippen molar-refractivity contribution in [3.63, 3.8) is 0 Å². The average molecular weight is 491 g/mol. The van der Waals surface area contributed by atoms with Crippen LogP contribution in [-0.2, 0) is 15.6 Å². The third kappa shape index (κ3) is 3.93.